The Bertz CT molecular complexity index is 757. The Hall–Kier alpha value is -2.12. The van der Waals surface area contributed by atoms with Crippen molar-refractivity contribution < 1.29 is 9.21 Å². The third-order valence-electron chi connectivity index (χ3n) is 3.14. The van der Waals surface area contributed by atoms with E-state index in [9.17, 15) is 4.79 Å². The highest BCUT2D eigenvalue weighted by atomic mass is 32.2. The van der Waals surface area contributed by atoms with Crippen molar-refractivity contribution in [2.75, 3.05) is 17.2 Å². The lowest BCUT2D eigenvalue weighted by Crippen LogP contribution is -2.32. The van der Waals surface area contributed by atoms with E-state index in [0.29, 0.717) is 17.7 Å². The van der Waals surface area contributed by atoms with Crippen molar-refractivity contribution in [3.05, 3.63) is 47.8 Å². The molecule has 2 heterocycles. The molecule has 0 aliphatic rings. The maximum absolute atomic E-state index is 12.4. The number of nitrogens with zero attached hydrogens (tertiary/aromatic N) is 3. The molecule has 7 heteroatoms. The first-order valence-corrected chi connectivity index (χ1v) is 9.00. The van der Waals surface area contributed by atoms with Gasteiger partial charge < -0.3 is 9.32 Å². The number of para-hydroxylation sites is 1. The van der Waals surface area contributed by atoms with Gasteiger partial charge in [0, 0.05) is 12.2 Å². The quantitative estimate of drug-likeness (QED) is 0.633. The van der Waals surface area contributed by atoms with Crippen LogP contribution in [-0.2, 0) is 4.79 Å². The third kappa shape index (κ3) is 3.80. The molecule has 3 aromatic rings. The average Bonchev–Trinajstić information content (AvgIpc) is 3.26. The minimum atomic E-state index is 0.0135. The molecule has 5 nitrogen and oxygen atoms in total. The van der Waals surface area contributed by atoms with Gasteiger partial charge in [0.2, 0.25) is 5.91 Å². The molecule has 0 atom stereocenters. The van der Waals surface area contributed by atoms with Crippen LogP contribution in [0, 0.1) is 0 Å². The molecule has 2 aromatic heterocycles. The lowest BCUT2D eigenvalue weighted by Gasteiger charge is -2.20. The van der Waals surface area contributed by atoms with Crippen molar-refractivity contribution in [1.82, 2.24) is 10.2 Å². The number of rotatable bonds is 6. The molecule has 0 N–H and O–H groups in total. The predicted octanol–water partition coefficient (Wildman–Crippen LogP) is 3.94. The number of carbonyl (C=O) groups is 1. The second-order valence-electron chi connectivity index (χ2n) is 4.61. The first kappa shape index (κ1) is 15.8. The fraction of sp³-hybridized carbons (Fsp3) is 0.188. The first-order valence-electron chi connectivity index (χ1n) is 7.13. The average molecular weight is 345 g/mol. The maximum Gasteiger partial charge on any atom is 0.277 e. The van der Waals surface area contributed by atoms with Crippen molar-refractivity contribution in [3.8, 4) is 10.8 Å². The van der Waals surface area contributed by atoms with Crippen LogP contribution in [0.2, 0.25) is 0 Å². The largest absolute Gasteiger partial charge is 0.410 e. The van der Waals surface area contributed by atoms with Crippen LogP contribution < -0.4 is 4.90 Å². The molecule has 0 unspecified atom stereocenters. The zero-order valence-electron chi connectivity index (χ0n) is 12.5. The maximum atomic E-state index is 12.4. The molecule has 3 rings (SSSR count). The summed E-state index contributed by atoms with van der Waals surface area (Å²) in [5, 5.41) is 10.4. The van der Waals surface area contributed by atoms with Crippen LogP contribution in [0.15, 0.2) is 57.5 Å². The van der Waals surface area contributed by atoms with Crippen LogP contribution in [0.5, 0.6) is 0 Å². The van der Waals surface area contributed by atoms with Crippen LogP contribution in [0.25, 0.3) is 10.8 Å². The van der Waals surface area contributed by atoms with E-state index in [4.69, 9.17) is 4.42 Å². The zero-order chi connectivity index (χ0) is 16.1. The van der Waals surface area contributed by atoms with Gasteiger partial charge in [-0.1, -0.05) is 36.0 Å². The summed E-state index contributed by atoms with van der Waals surface area (Å²) in [6.45, 7) is 2.57. The summed E-state index contributed by atoms with van der Waals surface area (Å²) in [5.74, 6) is 0.763. The molecule has 1 amide bonds. The summed E-state index contributed by atoms with van der Waals surface area (Å²) in [6, 6.07) is 13.5. The van der Waals surface area contributed by atoms with Crippen LogP contribution in [0.3, 0.4) is 0 Å². The highest BCUT2D eigenvalue weighted by Gasteiger charge is 2.16. The van der Waals surface area contributed by atoms with Crippen LogP contribution in [0.1, 0.15) is 6.92 Å². The predicted molar refractivity (Wildman–Crippen MR) is 92.8 cm³/mol. The molecule has 118 valence electrons. The summed E-state index contributed by atoms with van der Waals surface area (Å²) in [7, 11) is 0. The SMILES string of the molecule is CCN(C(=O)CSc1nnc(-c2cccs2)o1)c1ccccc1. The zero-order valence-corrected chi connectivity index (χ0v) is 14.1. The van der Waals surface area contributed by atoms with Crippen LogP contribution in [0.4, 0.5) is 5.69 Å². The fourth-order valence-corrected chi connectivity index (χ4v) is 3.36. The van der Waals surface area contributed by atoms with Gasteiger partial charge in [0.05, 0.1) is 10.6 Å². The smallest absolute Gasteiger partial charge is 0.277 e. The molecule has 0 aliphatic heterocycles. The molecule has 0 fully saturated rings. The van der Waals surface area contributed by atoms with Crippen LogP contribution >= 0.6 is 23.1 Å². The molecule has 0 saturated carbocycles. The van der Waals surface area contributed by atoms with Crippen molar-refractivity contribution in [1.29, 1.82) is 0 Å². The van der Waals surface area contributed by atoms with Crippen molar-refractivity contribution >= 4 is 34.7 Å². The van der Waals surface area contributed by atoms with E-state index in [1.807, 2.05) is 54.8 Å². The van der Waals surface area contributed by atoms with E-state index in [-0.39, 0.29) is 11.7 Å². The Kier molecular flexibility index (Phi) is 5.09. The number of thiophene rings is 1. The van der Waals surface area contributed by atoms with Crippen molar-refractivity contribution in [2.24, 2.45) is 0 Å². The molecule has 0 bridgehead atoms. The number of anilines is 1. The van der Waals surface area contributed by atoms with Gasteiger partial charge >= 0.3 is 0 Å². The molecule has 0 aliphatic carbocycles. The van der Waals surface area contributed by atoms with E-state index in [1.54, 1.807) is 4.90 Å². The van der Waals surface area contributed by atoms with Gasteiger partial charge in [-0.25, -0.2) is 0 Å². The Morgan fingerprint density at radius 1 is 1.22 bits per heavy atom. The monoisotopic (exact) mass is 345 g/mol. The van der Waals surface area contributed by atoms with E-state index in [1.165, 1.54) is 23.1 Å². The van der Waals surface area contributed by atoms with Gasteiger partial charge in [-0.3, -0.25) is 4.79 Å². The highest BCUT2D eigenvalue weighted by molar-refractivity contribution is 7.99. The normalized spacial score (nSPS) is 10.7. The summed E-state index contributed by atoms with van der Waals surface area (Å²) >= 11 is 2.80. The minimum Gasteiger partial charge on any atom is -0.410 e. The summed E-state index contributed by atoms with van der Waals surface area (Å²) in [6.07, 6.45) is 0. The van der Waals surface area contributed by atoms with E-state index >= 15 is 0 Å². The number of aromatic nitrogens is 2. The number of amides is 1. The Balaban J connectivity index is 1.62. The van der Waals surface area contributed by atoms with Gasteiger partial charge in [0.1, 0.15) is 0 Å². The van der Waals surface area contributed by atoms with E-state index in [2.05, 4.69) is 10.2 Å². The van der Waals surface area contributed by atoms with E-state index in [0.717, 1.165) is 10.6 Å². The second-order valence-corrected chi connectivity index (χ2v) is 6.49. The summed E-state index contributed by atoms with van der Waals surface area (Å²) < 4.78 is 5.58. The topological polar surface area (TPSA) is 59.2 Å². The lowest BCUT2D eigenvalue weighted by molar-refractivity contribution is -0.116. The molecule has 1 aromatic carbocycles. The Labute approximate surface area is 142 Å². The number of thioether (sulfide) groups is 1. The number of carbonyl (C=O) groups excluding carboxylic acids is 1. The molecule has 0 radical (unpaired) electrons. The molecule has 0 spiro atoms. The minimum absolute atomic E-state index is 0.0135. The highest BCUT2D eigenvalue weighted by Crippen LogP contribution is 2.26. The standard InChI is InChI=1S/C16H15N3O2S2/c1-2-19(12-7-4-3-5-8-12)14(20)11-23-16-18-17-15(21-16)13-9-6-10-22-13/h3-10H,2,11H2,1H3. The Morgan fingerprint density at radius 2 is 2.04 bits per heavy atom. The summed E-state index contributed by atoms with van der Waals surface area (Å²) in [4.78, 5) is 15.1. The first-order chi connectivity index (χ1) is 11.3. The van der Waals surface area contributed by atoms with Gasteiger partial charge in [-0.15, -0.1) is 21.5 Å². The van der Waals surface area contributed by atoms with Crippen molar-refractivity contribution in [2.45, 2.75) is 12.1 Å². The van der Waals surface area contributed by atoms with Gasteiger partial charge in [-0.2, -0.15) is 0 Å². The van der Waals surface area contributed by atoms with Crippen molar-refractivity contribution in [3.63, 3.8) is 0 Å². The summed E-state index contributed by atoms with van der Waals surface area (Å²) in [5.41, 5.74) is 0.894. The van der Waals surface area contributed by atoms with Gasteiger partial charge in [0.25, 0.3) is 11.1 Å². The molecule has 23 heavy (non-hydrogen) atoms. The van der Waals surface area contributed by atoms with E-state index < -0.39 is 0 Å². The molecular weight excluding hydrogens is 330 g/mol. The Morgan fingerprint density at radius 3 is 2.74 bits per heavy atom. The second kappa shape index (κ2) is 7.43. The number of hydrogen-bond donors (Lipinski definition) is 0. The number of benzene rings is 1. The van der Waals surface area contributed by atoms with Crippen LogP contribution in [-0.4, -0.2) is 28.4 Å². The lowest BCUT2D eigenvalue weighted by atomic mass is 10.3. The molecular formula is C16H15N3O2S2. The molecule has 0 saturated heterocycles. The van der Waals surface area contributed by atoms with Gasteiger partial charge in [-0.05, 0) is 30.5 Å². The number of hydrogen-bond acceptors (Lipinski definition) is 6. The van der Waals surface area contributed by atoms with Gasteiger partial charge in [0.15, 0.2) is 0 Å². The fourth-order valence-electron chi connectivity index (χ4n) is 2.08. The third-order valence-corrected chi connectivity index (χ3v) is 4.80.